The van der Waals surface area contributed by atoms with E-state index in [4.69, 9.17) is 4.74 Å². The minimum Gasteiger partial charge on any atom is -0.478 e. The topological polar surface area (TPSA) is 35.0 Å². The van der Waals surface area contributed by atoms with Crippen LogP contribution in [0.3, 0.4) is 0 Å². The molecule has 0 radical (unpaired) electrons. The van der Waals surface area contributed by atoms with E-state index in [-0.39, 0.29) is 0 Å². The van der Waals surface area contributed by atoms with E-state index >= 15 is 0 Å². The molecular weight excluding hydrogens is 256 g/mol. The van der Waals surface area contributed by atoms with Crippen LogP contribution in [0.15, 0.2) is 35.6 Å². The monoisotopic (exact) mass is 274 g/mol. The Hall–Kier alpha value is -1.55. The van der Waals surface area contributed by atoms with Crippen molar-refractivity contribution in [1.29, 1.82) is 0 Å². The molecule has 100 valence electrons. The summed E-state index contributed by atoms with van der Waals surface area (Å²) in [6.45, 7) is 6.84. The lowest BCUT2D eigenvalue weighted by Crippen LogP contribution is -1.95. The van der Waals surface area contributed by atoms with Crippen LogP contribution in [-0.2, 0) is 5.75 Å². The van der Waals surface area contributed by atoms with E-state index in [1.807, 2.05) is 13.0 Å². The van der Waals surface area contributed by atoms with Crippen LogP contribution in [0.2, 0.25) is 0 Å². The highest BCUT2D eigenvalue weighted by atomic mass is 32.2. The second-order valence-electron chi connectivity index (χ2n) is 4.33. The van der Waals surface area contributed by atoms with Gasteiger partial charge in [-0.25, -0.2) is 9.97 Å². The van der Waals surface area contributed by atoms with Crippen molar-refractivity contribution < 1.29 is 4.74 Å². The van der Waals surface area contributed by atoms with E-state index in [1.165, 1.54) is 16.7 Å². The normalized spacial score (nSPS) is 10.5. The van der Waals surface area contributed by atoms with E-state index in [2.05, 4.69) is 42.0 Å². The summed E-state index contributed by atoms with van der Waals surface area (Å²) in [6, 6.07) is 8.44. The fraction of sp³-hybridized carbons (Fsp3) is 0.333. The second kappa shape index (κ2) is 6.57. The van der Waals surface area contributed by atoms with Crippen molar-refractivity contribution in [1.82, 2.24) is 9.97 Å². The average molecular weight is 274 g/mol. The van der Waals surface area contributed by atoms with E-state index in [0.717, 1.165) is 10.8 Å². The molecule has 2 rings (SSSR count). The highest BCUT2D eigenvalue weighted by Gasteiger charge is 2.02. The van der Waals surface area contributed by atoms with Gasteiger partial charge in [-0.3, -0.25) is 0 Å². The van der Waals surface area contributed by atoms with Gasteiger partial charge in [0.05, 0.1) is 6.61 Å². The molecule has 0 saturated heterocycles. The summed E-state index contributed by atoms with van der Waals surface area (Å²) in [7, 11) is 0. The molecule has 4 heteroatoms. The van der Waals surface area contributed by atoms with Gasteiger partial charge in [-0.1, -0.05) is 18.2 Å². The van der Waals surface area contributed by atoms with E-state index in [9.17, 15) is 0 Å². The standard InChI is InChI=1S/C15H18N2OS/c1-4-18-14-8-15(17-10-16-14)19-9-13-6-5-11(2)12(3)7-13/h5-8,10H,4,9H2,1-3H3. The van der Waals surface area contributed by atoms with Crippen molar-refractivity contribution in [3.63, 3.8) is 0 Å². The van der Waals surface area contributed by atoms with E-state index in [0.29, 0.717) is 12.5 Å². The highest BCUT2D eigenvalue weighted by molar-refractivity contribution is 7.98. The molecule has 0 bridgehead atoms. The third kappa shape index (κ3) is 3.96. The average Bonchev–Trinajstić information content (AvgIpc) is 2.41. The van der Waals surface area contributed by atoms with Crippen LogP contribution in [0.1, 0.15) is 23.6 Å². The second-order valence-corrected chi connectivity index (χ2v) is 5.33. The van der Waals surface area contributed by atoms with Crippen molar-refractivity contribution in [2.45, 2.75) is 31.6 Å². The predicted molar refractivity (Wildman–Crippen MR) is 78.7 cm³/mol. The molecule has 0 N–H and O–H groups in total. The SMILES string of the molecule is CCOc1cc(SCc2ccc(C)c(C)c2)ncn1. The number of hydrogen-bond donors (Lipinski definition) is 0. The summed E-state index contributed by atoms with van der Waals surface area (Å²) in [5, 5.41) is 0.941. The van der Waals surface area contributed by atoms with Gasteiger partial charge >= 0.3 is 0 Å². The zero-order chi connectivity index (χ0) is 13.7. The Morgan fingerprint density at radius 1 is 1.11 bits per heavy atom. The van der Waals surface area contributed by atoms with Gasteiger partial charge in [0.1, 0.15) is 11.4 Å². The van der Waals surface area contributed by atoms with Gasteiger partial charge in [0.2, 0.25) is 5.88 Å². The van der Waals surface area contributed by atoms with Crippen molar-refractivity contribution in [2.24, 2.45) is 0 Å². The van der Waals surface area contributed by atoms with Crippen LogP contribution in [0.25, 0.3) is 0 Å². The molecule has 0 aliphatic heterocycles. The number of hydrogen-bond acceptors (Lipinski definition) is 4. The number of ether oxygens (including phenoxy) is 1. The molecule has 19 heavy (non-hydrogen) atoms. The van der Waals surface area contributed by atoms with Crippen molar-refractivity contribution >= 4 is 11.8 Å². The van der Waals surface area contributed by atoms with Crippen LogP contribution in [0, 0.1) is 13.8 Å². The van der Waals surface area contributed by atoms with Crippen molar-refractivity contribution in [3.05, 3.63) is 47.3 Å². The third-order valence-corrected chi connectivity index (χ3v) is 3.86. The van der Waals surface area contributed by atoms with Crippen molar-refractivity contribution in [3.8, 4) is 5.88 Å². The molecule has 0 unspecified atom stereocenters. The minimum atomic E-state index is 0.623. The summed E-state index contributed by atoms with van der Waals surface area (Å²) in [6.07, 6.45) is 1.55. The Kier molecular flexibility index (Phi) is 4.80. The van der Waals surface area contributed by atoms with Gasteiger partial charge in [-0.05, 0) is 37.5 Å². The van der Waals surface area contributed by atoms with Crippen LogP contribution in [0.4, 0.5) is 0 Å². The van der Waals surface area contributed by atoms with Crippen molar-refractivity contribution in [2.75, 3.05) is 6.61 Å². The zero-order valence-electron chi connectivity index (χ0n) is 11.5. The summed E-state index contributed by atoms with van der Waals surface area (Å²) >= 11 is 1.70. The number of thioether (sulfide) groups is 1. The van der Waals surface area contributed by atoms with Crippen LogP contribution in [-0.4, -0.2) is 16.6 Å². The largest absolute Gasteiger partial charge is 0.478 e. The first-order chi connectivity index (χ1) is 9.19. The quantitative estimate of drug-likeness (QED) is 0.614. The fourth-order valence-electron chi connectivity index (χ4n) is 1.68. The Balaban J connectivity index is 2.01. The van der Waals surface area contributed by atoms with E-state index < -0.39 is 0 Å². The smallest absolute Gasteiger partial charge is 0.217 e. The lowest BCUT2D eigenvalue weighted by atomic mass is 10.1. The molecule has 0 saturated carbocycles. The summed E-state index contributed by atoms with van der Waals surface area (Å²) in [5.74, 6) is 1.55. The molecule has 1 heterocycles. The predicted octanol–water partition coefficient (Wildman–Crippen LogP) is 3.78. The molecule has 0 atom stereocenters. The Morgan fingerprint density at radius 2 is 1.95 bits per heavy atom. The Labute approximate surface area is 118 Å². The van der Waals surface area contributed by atoms with Gasteiger partial charge in [0.15, 0.2) is 0 Å². The molecule has 1 aromatic carbocycles. The van der Waals surface area contributed by atoms with Crippen LogP contribution < -0.4 is 4.74 Å². The lowest BCUT2D eigenvalue weighted by Gasteiger charge is -2.06. The molecule has 0 aliphatic rings. The van der Waals surface area contributed by atoms with Crippen LogP contribution >= 0.6 is 11.8 Å². The molecular formula is C15H18N2OS. The maximum Gasteiger partial charge on any atom is 0.217 e. The molecule has 0 spiro atoms. The lowest BCUT2D eigenvalue weighted by molar-refractivity contribution is 0.325. The maximum absolute atomic E-state index is 5.37. The highest BCUT2D eigenvalue weighted by Crippen LogP contribution is 2.23. The first-order valence-electron chi connectivity index (χ1n) is 6.33. The fourth-order valence-corrected chi connectivity index (χ4v) is 2.48. The molecule has 2 aromatic rings. The first-order valence-corrected chi connectivity index (χ1v) is 7.31. The molecule has 3 nitrogen and oxygen atoms in total. The van der Waals surface area contributed by atoms with Gasteiger partial charge < -0.3 is 4.74 Å². The Morgan fingerprint density at radius 3 is 2.68 bits per heavy atom. The van der Waals surface area contributed by atoms with Gasteiger partial charge in [0.25, 0.3) is 0 Å². The summed E-state index contributed by atoms with van der Waals surface area (Å²) in [4.78, 5) is 8.31. The first kappa shape index (κ1) is 13.9. The third-order valence-electron chi connectivity index (χ3n) is 2.87. The van der Waals surface area contributed by atoms with Gasteiger partial charge in [-0.15, -0.1) is 11.8 Å². The molecule has 1 aromatic heterocycles. The number of benzene rings is 1. The van der Waals surface area contributed by atoms with E-state index in [1.54, 1.807) is 18.1 Å². The number of aromatic nitrogens is 2. The number of rotatable bonds is 5. The number of aryl methyl sites for hydroxylation is 2. The zero-order valence-corrected chi connectivity index (χ0v) is 12.3. The number of nitrogens with zero attached hydrogens (tertiary/aromatic N) is 2. The molecule has 0 fully saturated rings. The molecule has 0 amide bonds. The van der Waals surface area contributed by atoms with Gasteiger partial charge in [-0.2, -0.15) is 0 Å². The molecule has 0 aliphatic carbocycles. The van der Waals surface area contributed by atoms with Gasteiger partial charge in [0, 0.05) is 11.8 Å². The van der Waals surface area contributed by atoms with Crippen LogP contribution in [0.5, 0.6) is 5.88 Å². The summed E-state index contributed by atoms with van der Waals surface area (Å²) < 4.78 is 5.37. The Bertz CT molecular complexity index is 558. The minimum absolute atomic E-state index is 0.623. The maximum atomic E-state index is 5.37. The summed E-state index contributed by atoms with van der Waals surface area (Å²) in [5.41, 5.74) is 3.97.